The highest BCUT2D eigenvalue weighted by Gasteiger charge is 2.29. The number of piperidine rings is 1. The Labute approximate surface area is 162 Å². The zero-order valence-electron chi connectivity index (χ0n) is 16.4. The van der Waals surface area contributed by atoms with E-state index in [1.807, 2.05) is 6.07 Å². The van der Waals surface area contributed by atoms with Gasteiger partial charge in [-0.1, -0.05) is 25.3 Å². The molecule has 5 nitrogen and oxygen atoms in total. The number of aliphatic imine (C=N–C) groups is 1. The molecule has 3 N–H and O–H groups in total. The molecule has 3 rings (SSSR count). The Balaban J connectivity index is 1.52. The highest BCUT2D eigenvalue weighted by atomic mass is 19.1. The number of aliphatic hydroxyl groups is 1. The monoisotopic (exact) mass is 376 g/mol. The molecule has 0 unspecified atom stereocenters. The smallest absolute Gasteiger partial charge is 0.191 e. The molecule has 150 valence electrons. The van der Waals surface area contributed by atoms with Gasteiger partial charge in [0.25, 0.3) is 0 Å². The van der Waals surface area contributed by atoms with Crippen molar-refractivity contribution in [3.63, 3.8) is 0 Å². The number of guanidine groups is 1. The predicted molar refractivity (Wildman–Crippen MR) is 109 cm³/mol. The third kappa shape index (κ3) is 5.83. The van der Waals surface area contributed by atoms with Crippen LogP contribution in [-0.2, 0) is 0 Å². The first-order valence-electron chi connectivity index (χ1n) is 10.4. The Hall–Kier alpha value is -1.82. The van der Waals surface area contributed by atoms with Crippen LogP contribution in [0.25, 0.3) is 0 Å². The zero-order valence-corrected chi connectivity index (χ0v) is 16.4. The van der Waals surface area contributed by atoms with Crippen LogP contribution < -0.4 is 15.5 Å². The molecule has 0 amide bonds. The second-order valence-corrected chi connectivity index (χ2v) is 7.87. The van der Waals surface area contributed by atoms with Crippen molar-refractivity contribution in [3.05, 3.63) is 30.1 Å². The van der Waals surface area contributed by atoms with Gasteiger partial charge in [0, 0.05) is 31.4 Å². The fourth-order valence-corrected chi connectivity index (χ4v) is 4.06. The fourth-order valence-electron chi connectivity index (χ4n) is 4.06. The molecule has 1 aromatic carbocycles. The maximum atomic E-state index is 13.4. The molecule has 0 atom stereocenters. The van der Waals surface area contributed by atoms with Gasteiger partial charge in [-0.15, -0.1) is 0 Å². The molecule has 0 spiro atoms. The van der Waals surface area contributed by atoms with E-state index in [9.17, 15) is 9.50 Å². The summed E-state index contributed by atoms with van der Waals surface area (Å²) in [5, 5.41) is 17.5. The molecule has 0 bridgehead atoms. The van der Waals surface area contributed by atoms with Crippen molar-refractivity contribution < 1.29 is 9.50 Å². The average molecular weight is 377 g/mol. The molecule has 1 saturated carbocycles. The Kier molecular flexibility index (Phi) is 6.94. The summed E-state index contributed by atoms with van der Waals surface area (Å²) in [7, 11) is 0. The normalized spacial score (nSPS) is 21.1. The summed E-state index contributed by atoms with van der Waals surface area (Å²) in [6.07, 6.45) is 7.05. The molecule has 1 aliphatic carbocycles. The molecule has 1 heterocycles. The van der Waals surface area contributed by atoms with Crippen LogP contribution in [0.5, 0.6) is 0 Å². The van der Waals surface area contributed by atoms with E-state index < -0.39 is 5.60 Å². The second kappa shape index (κ2) is 9.40. The minimum Gasteiger partial charge on any atom is -0.388 e. The lowest BCUT2D eigenvalue weighted by atomic mass is 9.85. The third-order valence-corrected chi connectivity index (χ3v) is 5.67. The van der Waals surface area contributed by atoms with Gasteiger partial charge < -0.3 is 20.6 Å². The van der Waals surface area contributed by atoms with Gasteiger partial charge >= 0.3 is 0 Å². The molecule has 1 aliphatic heterocycles. The Morgan fingerprint density at radius 1 is 1.26 bits per heavy atom. The minimum atomic E-state index is -0.638. The van der Waals surface area contributed by atoms with E-state index in [-0.39, 0.29) is 5.82 Å². The molecule has 2 fully saturated rings. The van der Waals surface area contributed by atoms with E-state index in [2.05, 4.69) is 27.4 Å². The van der Waals surface area contributed by atoms with Crippen molar-refractivity contribution in [2.24, 2.45) is 4.99 Å². The molecule has 6 heteroatoms. The van der Waals surface area contributed by atoms with Crippen LogP contribution in [0.2, 0.25) is 0 Å². The highest BCUT2D eigenvalue weighted by molar-refractivity contribution is 5.80. The molecular weight excluding hydrogens is 343 g/mol. The van der Waals surface area contributed by atoms with Crippen molar-refractivity contribution >= 4 is 11.6 Å². The largest absolute Gasteiger partial charge is 0.388 e. The summed E-state index contributed by atoms with van der Waals surface area (Å²) in [6, 6.07) is 7.16. The maximum Gasteiger partial charge on any atom is 0.191 e. The number of anilines is 1. The lowest BCUT2D eigenvalue weighted by Crippen LogP contribution is -2.49. The number of benzene rings is 1. The first-order chi connectivity index (χ1) is 13.1. The van der Waals surface area contributed by atoms with Crippen molar-refractivity contribution in [3.8, 4) is 0 Å². The first-order valence-corrected chi connectivity index (χ1v) is 10.4. The standard InChI is InChI=1S/C21H33FN4O/c1-2-23-20(24-16-21(27)11-4-3-5-12-21)25-18-9-13-26(14-10-18)19-8-6-7-17(22)15-19/h6-8,15,18,27H,2-5,9-14,16H2,1H3,(H2,23,24,25). The summed E-state index contributed by atoms with van der Waals surface area (Å²) >= 11 is 0. The molecule has 27 heavy (non-hydrogen) atoms. The number of hydrogen-bond donors (Lipinski definition) is 3. The van der Waals surface area contributed by atoms with Gasteiger partial charge in [0.1, 0.15) is 5.82 Å². The van der Waals surface area contributed by atoms with Crippen LogP contribution in [0.3, 0.4) is 0 Å². The minimum absolute atomic E-state index is 0.185. The first kappa shape index (κ1) is 19.9. The van der Waals surface area contributed by atoms with Gasteiger partial charge in [0.15, 0.2) is 5.96 Å². The van der Waals surface area contributed by atoms with Crippen LogP contribution in [-0.4, -0.2) is 48.9 Å². The quantitative estimate of drug-likeness (QED) is 0.546. The van der Waals surface area contributed by atoms with E-state index in [0.717, 1.165) is 69.8 Å². The van der Waals surface area contributed by atoms with Crippen LogP contribution in [0.1, 0.15) is 51.9 Å². The molecule has 0 radical (unpaired) electrons. The van der Waals surface area contributed by atoms with Crippen LogP contribution in [0.15, 0.2) is 29.3 Å². The summed E-state index contributed by atoms with van der Waals surface area (Å²) < 4.78 is 13.4. The van der Waals surface area contributed by atoms with Gasteiger partial charge in [-0.3, -0.25) is 4.99 Å². The zero-order chi connectivity index (χ0) is 19.1. The van der Waals surface area contributed by atoms with E-state index in [0.29, 0.717) is 12.6 Å². The number of nitrogens with zero attached hydrogens (tertiary/aromatic N) is 2. The third-order valence-electron chi connectivity index (χ3n) is 5.67. The molecule has 1 saturated heterocycles. The summed E-state index contributed by atoms with van der Waals surface area (Å²) in [4.78, 5) is 6.91. The van der Waals surface area contributed by atoms with Gasteiger partial charge in [0.05, 0.1) is 12.1 Å². The van der Waals surface area contributed by atoms with E-state index in [1.54, 1.807) is 12.1 Å². The van der Waals surface area contributed by atoms with Gasteiger partial charge in [-0.05, 0) is 50.8 Å². The average Bonchev–Trinajstić information content (AvgIpc) is 2.68. The van der Waals surface area contributed by atoms with Gasteiger partial charge in [0.2, 0.25) is 0 Å². The van der Waals surface area contributed by atoms with Crippen molar-refractivity contribution in [1.82, 2.24) is 10.6 Å². The number of nitrogens with one attached hydrogen (secondary N) is 2. The second-order valence-electron chi connectivity index (χ2n) is 7.87. The van der Waals surface area contributed by atoms with Crippen LogP contribution >= 0.6 is 0 Å². The lowest BCUT2D eigenvalue weighted by molar-refractivity contribution is 0.0131. The lowest BCUT2D eigenvalue weighted by Gasteiger charge is -2.35. The van der Waals surface area contributed by atoms with Crippen molar-refractivity contribution in [2.45, 2.75) is 63.5 Å². The summed E-state index contributed by atoms with van der Waals surface area (Å²) in [5.41, 5.74) is 0.315. The number of halogens is 1. The molecular formula is C21H33FN4O. The number of hydrogen-bond acceptors (Lipinski definition) is 3. The van der Waals surface area contributed by atoms with Crippen molar-refractivity contribution in [1.29, 1.82) is 0 Å². The SMILES string of the molecule is CCNC(=NCC1(O)CCCCC1)NC1CCN(c2cccc(F)c2)CC1. The van der Waals surface area contributed by atoms with E-state index >= 15 is 0 Å². The molecule has 2 aliphatic rings. The number of rotatable bonds is 5. The summed E-state index contributed by atoms with van der Waals surface area (Å²) in [6.45, 7) is 5.10. The van der Waals surface area contributed by atoms with Gasteiger partial charge in [-0.25, -0.2) is 4.39 Å². The topological polar surface area (TPSA) is 59.9 Å². The van der Waals surface area contributed by atoms with Gasteiger partial charge in [-0.2, -0.15) is 0 Å². The Morgan fingerprint density at radius 2 is 2.00 bits per heavy atom. The predicted octanol–water partition coefficient (Wildman–Crippen LogP) is 3.04. The molecule has 1 aromatic rings. The summed E-state index contributed by atoms with van der Waals surface area (Å²) in [5.74, 6) is 0.607. The van der Waals surface area contributed by atoms with Crippen LogP contribution in [0, 0.1) is 5.82 Å². The van der Waals surface area contributed by atoms with E-state index in [4.69, 9.17) is 0 Å². The molecule has 0 aromatic heterocycles. The fraction of sp³-hybridized carbons (Fsp3) is 0.667. The van der Waals surface area contributed by atoms with Crippen molar-refractivity contribution in [2.75, 3.05) is 31.1 Å². The van der Waals surface area contributed by atoms with E-state index in [1.165, 1.54) is 12.5 Å². The Bertz CT molecular complexity index is 622. The Morgan fingerprint density at radius 3 is 2.67 bits per heavy atom. The van der Waals surface area contributed by atoms with Crippen LogP contribution in [0.4, 0.5) is 10.1 Å². The highest BCUT2D eigenvalue weighted by Crippen LogP contribution is 2.28. The maximum absolute atomic E-state index is 13.4.